The Hall–Kier alpha value is -2.99. The second kappa shape index (κ2) is 8.17. The predicted molar refractivity (Wildman–Crippen MR) is 127 cm³/mol. The van der Waals surface area contributed by atoms with Gasteiger partial charge in [-0.1, -0.05) is 53.5 Å². The molecular formula is C25H19Cl2FN4. The van der Waals surface area contributed by atoms with Crippen LogP contribution in [0.1, 0.15) is 23.6 Å². The Labute approximate surface area is 195 Å². The first kappa shape index (κ1) is 20.9. The van der Waals surface area contributed by atoms with Crippen LogP contribution in [0.5, 0.6) is 0 Å². The van der Waals surface area contributed by atoms with Gasteiger partial charge in [-0.15, -0.1) is 0 Å². The third-order valence-electron chi connectivity index (χ3n) is 5.77. The summed E-state index contributed by atoms with van der Waals surface area (Å²) >= 11 is 12.5. The summed E-state index contributed by atoms with van der Waals surface area (Å²) in [6.45, 7) is 2.43. The fourth-order valence-corrected chi connectivity index (χ4v) is 4.50. The van der Waals surface area contributed by atoms with Crippen molar-refractivity contribution in [3.05, 3.63) is 105 Å². The molecule has 2 N–H and O–H groups in total. The van der Waals surface area contributed by atoms with Gasteiger partial charge in [0.25, 0.3) is 0 Å². The van der Waals surface area contributed by atoms with Gasteiger partial charge in [0.1, 0.15) is 5.82 Å². The van der Waals surface area contributed by atoms with Gasteiger partial charge in [0.2, 0.25) is 5.95 Å². The van der Waals surface area contributed by atoms with Crippen molar-refractivity contribution in [1.82, 2.24) is 15.3 Å². The topological polar surface area (TPSA) is 49.8 Å². The van der Waals surface area contributed by atoms with Crippen molar-refractivity contribution in [3.63, 3.8) is 0 Å². The van der Waals surface area contributed by atoms with E-state index in [2.05, 4.69) is 15.6 Å². The van der Waals surface area contributed by atoms with E-state index >= 15 is 0 Å². The van der Waals surface area contributed by atoms with Crippen LogP contribution in [0.4, 0.5) is 16.0 Å². The molecule has 0 amide bonds. The number of halogens is 3. The van der Waals surface area contributed by atoms with Crippen molar-refractivity contribution >= 4 is 34.8 Å². The van der Waals surface area contributed by atoms with Crippen molar-refractivity contribution < 1.29 is 4.39 Å². The van der Waals surface area contributed by atoms with E-state index in [9.17, 15) is 4.39 Å². The predicted octanol–water partition coefficient (Wildman–Crippen LogP) is 6.70. The molecule has 4 aromatic rings. The summed E-state index contributed by atoms with van der Waals surface area (Å²) in [4.78, 5) is 9.29. The molecular weight excluding hydrogens is 446 g/mol. The van der Waals surface area contributed by atoms with E-state index in [0.717, 1.165) is 28.1 Å². The highest BCUT2D eigenvalue weighted by molar-refractivity contribution is 6.31. The molecule has 0 saturated carbocycles. The molecule has 3 aromatic carbocycles. The van der Waals surface area contributed by atoms with Crippen LogP contribution < -0.4 is 10.6 Å². The zero-order valence-electron chi connectivity index (χ0n) is 17.2. The van der Waals surface area contributed by atoms with Crippen LogP contribution in [-0.2, 0) is 12.1 Å². The molecule has 1 aliphatic rings. The summed E-state index contributed by atoms with van der Waals surface area (Å²) in [5, 5.41) is 7.91. The number of aromatic nitrogens is 2. The SMILES string of the molecule is CC1(c2ccccc2F)NCc2cnc(Nc3cccc(Cl)c3)nc2-c2ccc(Cl)cc21. The maximum Gasteiger partial charge on any atom is 0.227 e. The Morgan fingerprint density at radius 1 is 0.969 bits per heavy atom. The van der Waals surface area contributed by atoms with Gasteiger partial charge in [0, 0.05) is 45.2 Å². The van der Waals surface area contributed by atoms with Crippen molar-refractivity contribution in [2.24, 2.45) is 0 Å². The Balaban J connectivity index is 1.65. The van der Waals surface area contributed by atoms with Gasteiger partial charge < -0.3 is 5.32 Å². The molecule has 2 heterocycles. The molecule has 1 aromatic heterocycles. The first-order chi connectivity index (χ1) is 15.4. The summed E-state index contributed by atoms with van der Waals surface area (Å²) in [5.74, 6) is 0.162. The standard InChI is InChI=1S/C25H19Cl2FN4/c1-25(20-7-2-3-8-22(20)28)21-12-17(27)9-10-19(21)23-15(14-30-25)13-29-24(32-23)31-18-6-4-5-16(26)11-18/h2-13,30H,14H2,1H3,(H,29,31,32). The molecule has 32 heavy (non-hydrogen) atoms. The molecule has 0 bridgehead atoms. The van der Waals surface area contributed by atoms with E-state index in [1.165, 1.54) is 6.07 Å². The van der Waals surface area contributed by atoms with Gasteiger partial charge in [-0.25, -0.2) is 14.4 Å². The lowest BCUT2D eigenvalue weighted by Gasteiger charge is -2.32. The minimum Gasteiger partial charge on any atom is -0.324 e. The molecule has 160 valence electrons. The summed E-state index contributed by atoms with van der Waals surface area (Å²) < 4.78 is 14.9. The van der Waals surface area contributed by atoms with Crippen LogP contribution in [0, 0.1) is 5.82 Å². The van der Waals surface area contributed by atoms with E-state index < -0.39 is 5.54 Å². The lowest BCUT2D eigenvalue weighted by atomic mass is 9.81. The zero-order valence-corrected chi connectivity index (χ0v) is 18.7. The van der Waals surface area contributed by atoms with Crippen molar-refractivity contribution in [3.8, 4) is 11.3 Å². The van der Waals surface area contributed by atoms with E-state index in [1.807, 2.05) is 43.3 Å². The van der Waals surface area contributed by atoms with E-state index in [1.54, 1.807) is 30.5 Å². The third kappa shape index (κ3) is 3.73. The molecule has 0 radical (unpaired) electrons. The molecule has 7 heteroatoms. The van der Waals surface area contributed by atoms with E-state index in [4.69, 9.17) is 28.2 Å². The Morgan fingerprint density at radius 2 is 1.78 bits per heavy atom. The molecule has 0 saturated heterocycles. The summed E-state index contributed by atoms with van der Waals surface area (Å²) in [6.07, 6.45) is 1.79. The molecule has 0 aliphatic carbocycles. The molecule has 0 spiro atoms. The number of benzene rings is 3. The number of nitrogens with zero attached hydrogens (tertiary/aromatic N) is 2. The van der Waals surface area contributed by atoms with Crippen LogP contribution in [0.25, 0.3) is 11.3 Å². The van der Waals surface area contributed by atoms with Crippen molar-refractivity contribution in [2.75, 3.05) is 5.32 Å². The fourth-order valence-electron chi connectivity index (χ4n) is 4.14. The Kier molecular flexibility index (Phi) is 5.33. The number of fused-ring (bicyclic) bond motifs is 3. The summed E-state index contributed by atoms with van der Waals surface area (Å²) in [6, 6.07) is 19.8. The van der Waals surface area contributed by atoms with Gasteiger partial charge in [0.05, 0.1) is 11.2 Å². The van der Waals surface area contributed by atoms with Crippen LogP contribution in [0.2, 0.25) is 10.0 Å². The number of nitrogens with one attached hydrogen (secondary N) is 2. The monoisotopic (exact) mass is 464 g/mol. The van der Waals surface area contributed by atoms with Gasteiger partial charge in [0.15, 0.2) is 0 Å². The van der Waals surface area contributed by atoms with Gasteiger partial charge >= 0.3 is 0 Å². The second-order valence-corrected chi connectivity index (χ2v) is 8.72. The number of rotatable bonds is 3. The highest BCUT2D eigenvalue weighted by Gasteiger charge is 2.36. The second-order valence-electron chi connectivity index (χ2n) is 7.85. The van der Waals surface area contributed by atoms with Crippen LogP contribution in [-0.4, -0.2) is 9.97 Å². The van der Waals surface area contributed by atoms with E-state index in [-0.39, 0.29) is 5.82 Å². The van der Waals surface area contributed by atoms with Gasteiger partial charge in [-0.2, -0.15) is 0 Å². The fraction of sp³-hybridized carbons (Fsp3) is 0.120. The van der Waals surface area contributed by atoms with Gasteiger partial charge in [-0.3, -0.25) is 5.32 Å². The Morgan fingerprint density at radius 3 is 2.59 bits per heavy atom. The number of hydrogen-bond donors (Lipinski definition) is 2. The number of hydrogen-bond acceptors (Lipinski definition) is 4. The van der Waals surface area contributed by atoms with Gasteiger partial charge in [-0.05, 0) is 48.9 Å². The molecule has 1 aliphatic heterocycles. The minimum absolute atomic E-state index is 0.284. The van der Waals surface area contributed by atoms with Crippen molar-refractivity contribution in [2.45, 2.75) is 19.0 Å². The smallest absolute Gasteiger partial charge is 0.227 e. The van der Waals surface area contributed by atoms with Crippen LogP contribution in [0.3, 0.4) is 0 Å². The maximum absolute atomic E-state index is 14.9. The first-order valence-corrected chi connectivity index (χ1v) is 10.9. The summed E-state index contributed by atoms with van der Waals surface area (Å²) in [5.41, 5.74) is 3.91. The summed E-state index contributed by atoms with van der Waals surface area (Å²) in [7, 11) is 0. The van der Waals surface area contributed by atoms with Crippen LogP contribution in [0.15, 0.2) is 72.9 Å². The largest absolute Gasteiger partial charge is 0.324 e. The number of anilines is 2. The van der Waals surface area contributed by atoms with Crippen LogP contribution >= 0.6 is 23.2 Å². The minimum atomic E-state index is -0.813. The highest BCUT2D eigenvalue weighted by Crippen LogP contribution is 2.42. The molecule has 1 unspecified atom stereocenters. The molecule has 0 fully saturated rings. The normalized spacial score (nSPS) is 17.2. The molecule has 5 rings (SSSR count). The lowest BCUT2D eigenvalue weighted by Crippen LogP contribution is -2.40. The average Bonchev–Trinajstić information content (AvgIpc) is 2.89. The average molecular weight is 465 g/mol. The lowest BCUT2D eigenvalue weighted by molar-refractivity contribution is 0.419. The Bertz CT molecular complexity index is 1330. The van der Waals surface area contributed by atoms with E-state index in [0.29, 0.717) is 28.1 Å². The van der Waals surface area contributed by atoms with Crippen molar-refractivity contribution in [1.29, 1.82) is 0 Å². The highest BCUT2D eigenvalue weighted by atomic mass is 35.5. The first-order valence-electron chi connectivity index (χ1n) is 10.1. The quantitative estimate of drug-likeness (QED) is 0.354. The third-order valence-corrected chi connectivity index (χ3v) is 6.24. The molecule has 4 nitrogen and oxygen atoms in total. The maximum atomic E-state index is 14.9. The molecule has 1 atom stereocenters. The zero-order chi connectivity index (χ0) is 22.3.